The molecule has 0 saturated carbocycles. The number of ether oxygens (including phenoxy) is 3. The SMILES string of the molecule is C=CCC(C=Cc1ccccc1)ON=C1c2cc(OC)c(OC)cc2-c2[nH]c3ccc(OCCN(C)C)cc3c21. The van der Waals surface area contributed by atoms with Gasteiger partial charge in [-0.2, -0.15) is 0 Å². The third-order valence-electron chi connectivity index (χ3n) is 6.84. The molecule has 0 saturated heterocycles. The maximum atomic E-state index is 6.18. The smallest absolute Gasteiger partial charge is 0.161 e. The van der Waals surface area contributed by atoms with Crippen molar-refractivity contribution in [2.75, 3.05) is 41.5 Å². The van der Waals surface area contributed by atoms with E-state index in [4.69, 9.17) is 24.2 Å². The monoisotopic (exact) mass is 537 g/mol. The van der Waals surface area contributed by atoms with Crippen molar-refractivity contribution in [1.82, 2.24) is 9.88 Å². The fraction of sp³-hybridized carbons (Fsp3) is 0.242. The summed E-state index contributed by atoms with van der Waals surface area (Å²) in [6.07, 6.45) is 6.22. The first kappa shape index (κ1) is 27.1. The van der Waals surface area contributed by atoms with Crippen LogP contribution in [0.4, 0.5) is 0 Å². The number of nitrogens with zero attached hydrogens (tertiary/aromatic N) is 2. The summed E-state index contributed by atoms with van der Waals surface area (Å²) in [5, 5.41) is 5.77. The van der Waals surface area contributed by atoms with Crippen molar-refractivity contribution >= 4 is 22.7 Å². The molecule has 0 fully saturated rings. The highest BCUT2D eigenvalue weighted by Gasteiger charge is 2.32. The number of oxime groups is 1. The zero-order valence-corrected chi connectivity index (χ0v) is 23.4. The van der Waals surface area contributed by atoms with E-state index in [2.05, 4.69) is 34.7 Å². The Bertz CT molecular complexity index is 1550. The van der Waals surface area contributed by atoms with Crippen LogP contribution in [0.5, 0.6) is 17.2 Å². The highest BCUT2D eigenvalue weighted by molar-refractivity contribution is 6.30. The number of H-pyrrole nitrogens is 1. The van der Waals surface area contributed by atoms with Gasteiger partial charge in [-0.15, -0.1) is 6.58 Å². The first-order valence-corrected chi connectivity index (χ1v) is 13.3. The van der Waals surface area contributed by atoms with Crippen LogP contribution in [0.3, 0.4) is 0 Å². The summed E-state index contributed by atoms with van der Waals surface area (Å²) >= 11 is 0. The number of aromatic nitrogens is 1. The zero-order valence-electron chi connectivity index (χ0n) is 23.4. The molecule has 0 radical (unpaired) electrons. The van der Waals surface area contributed by atoms with Crippen LogP contribution in [0.2, 0.25) is 0 Å². The molecule has 5 rings (SSSR count). The number of nitrogens with one attached hydrogen (secondary N) is 1. The van der Waals surface area contributed by atoms with Crippen molar-refractivity contribution in [2.24, 2.45) is 5.16 Å². The van der Waals surface area contributed by atoms with Gasteiger partial charge in [0.25, 0.3) is 0 Å². The van der Waals surface area contributed by atoms with E-state index in [1.807, 2.05) is 74.8 Å². The molecular weight excluding hydrogens is 502 g/mol. The first-order valence-electron chi connectivity index (χ1n) is 13.3. The van der Waals surface area contributed by atoms with Gasteiger partial charge in [0, 0.05) is 40.6 Å². The second-order valence-corrected chi connectivity index (χ2v) is 9.86. The molecule has 1 unspecified atom stereocenters. The molecule has 3 aromatic carbocycles. The third-order valence-corrected chi connectivity index (χ3v) is 6.84. The molecule has 1 aromatic heterocycles. The summed E-state index contributed by atoms with van der Waals surface area (Å²) in [4.78, 5) is 11.9. The first-order chi connectivity index (χ1) is 19.5. The van der Waals surface area contributed by atoms with Crippen LogP contribution in [0.15, 0.2) is 84.6 Å². The van der Waals surface area contributed by atoms with Crippen molar-refractivity contribution in [3.8, 4) is 28.5 Å². The Hall–Kier alpha value is -4.49. The van der Waals surface area contributed by atoms with E-state index in [9.17, 15) is 0 Å². The van der Waals surface area contributed by atoms with E-state index in [0.717, 1.165) is 56.9 Å². The van der Waals surface area contributed by atoms with Crippen LogP contribution in [-0.4, -0.2) is 63.2 Å². The number of hydrogen-bond acceptors (Lipinski definition) is 6. The molecule has 1 heterocycles. The molecule has 0 amide bonds. The summed E-state index contributed by atoms with van der Waals surface area (Å²) < 4.78 is 17.3. The summed E-state index contributed by atoms with van der Waals surface area (Å²) in [6.45, 7) is 5.34. The number of aromatic amines is 1. The van der Waals surface area contributed by atoms with Gasteiger partial charge in [-0.05, 0) is 56.1 Å². The Morgan fingerprint density at radius 3 is 2.42 bits per heavy atom. The van der Waals surface area contributed by atoms with Gasteiger partial charge in [-0.1, -0.05) is 47.6 Å². The standard InChI is InChI=1S/C33H35N3O4/c1-6-10-23(14-13-22-11-8-7-9-12-22)40-35-33-26-21-30(38-5)29(37-4)20-25(26)32-31(33)27-19-24(15-16-28(27)34-32)39-18-17-36(2)3/h6-9,11-16,19-21,23,34H,1,10,17-18H2,2-5H3. The molecule has 206 valence electrons. The molecular formula is C33H35N3O4. The molecule has 7 heteroatoms. The quantitative estimate of drug-likeness (QED) is 0.145. The zero-order chi connectivity index (χ0) is 28.1. The molecule has 0 aliphatic heterocycles. The van der Waals surface area contributed by atoms with Gasteiger partial charge in [0.1, 0.15) is 24.2 Å². The lowest BCUT2D eigenvalue weighted by atomic mass is 10.1. The van der Waals surface area contributed by atoms with E-state index < -0.39 is 0 Å². The van der Waals surface area contributed by atoms with Gasteiger partial charge >= 0.3 is 0 Å². The predicted molar refractivity (Wildman–Crippen MR) is 162 cm³/mol. The van der Waals surface area contributed by atoms with Gasteiger partial charge in [-0.3, -0.25) is 0 Å². The van der Waals surface area contributed by atoms with E-state index >= 15 is 0 Å². The van der Waals surface area contributed by atoms with Crippen LogP contribution < -0.4 is 14.2 Å². The molecule has 0 bridgehead atoms. The third kappa shape index (κ3) is 5.60. The fourth-order valence-corrected chi connectivity index (χ4v) is 4.79. The van der Waals surface area contributed by atoms with Crippen molar-refractivity contribution < 1.29 is 19.0 Å². The number of benzene rings is 3. The van der Waals surface area contributed by atoms with Gasteiger partial charge in [-0.25, -0.2) is 0 Å². The van der Waals surface area contributed by atoms with E-state index in [1.165, 1.54) is 0 Å². The Morgan fingerprint density at radius 1 is 0.975 bits per heavy atom. The second-order valence-electron chi connectivity index (χ2n) is 9.86. The number of likely N-dealkylation sites (N-methyl/N-ethyl adjacent to an activating group) is 1. The van der Waals surface area contributed by atoms with Gasteiger partial charge in [0.15, 0.2) is 11.5 Å². The Labute approximate surface area is 235 Å². The Balaban J connectivity index is 1.57. The Morgan fingerprint density at radius 2 is 1.73 bits per heavy atom. The number of rotatable bonds is 12. The fourth-order valence-electron chi connectivity index (χ4n) is 4.79. The minimum absolute atomic E-state index is 0.284. The van der Waals surface area contributed by atoms with E-state index in [1.54, 1.807) is 14.2 Å². The highest BCUT2D eigenvalue weighted by atomic mass is 16.6. The van der Waals surface area contributed by atoms with Crippen LogP contribution in [-0.2, 0) is 4.84 Å². The average Bonchev–Trinajstić information content (AvgIpc) is 3.48. The van der Waals surface area contributed by atoms with E-state index in [0.29, 0.717) is 24.5 Å². The minimum atomic E-state index is -0.284. The molecule has 1 aliphatic carbocycles. The molecule has 40 heavy (non-hydrogen) atoms. The van der Waals surface area contributed by atoms with E-state index in [-0.39, 0.29) is 6.10 Å². The maximum Gasteiger partial charge on any atom is 0.161 e. The normalized spacial score (nSPS) is 14.0. The summed E-state index contributed by atoms with van der Waals surface area (Å²) in [5.41, 5.74) is 6.61. The lowest BCUT2D eigenvalue weighted by molar-refractivity contribution is 0.0957. The predicted octanol–water partition coefficient (Wildman–Crippen LogP) is 6.53. The van der Waals surface area contributed by atoms with Gasteiger partial charge in [0.05, 0.1) is 19.9 Å². The summed E-state index contributed by atoms with van der Waals surface area (Å²) in [6, 6.07) is 20.2. The summed E-state index contributed by atoms with van der Waals surface area (Å²) in [7, 11) is 7.33. The second kappa shape index (κ2) is 12.1. The summed E-state index contributed by atoms with van der Waals surface area (Å²) in [5.74, 6) is 2.08. The van der Waals surface area contributed by atoms with Crippen molar-refractivity contribution in [2.45, 2.75) is 12.5 Å². The van der Waals surface area contributed by atoms with Crippen LogP contribution in [0.25, 0.3) is 28.2 Å². The molecule has 0 spiro atoms. The van der Waals surface area contributed by atoms with Crippen molar-refractivity contribution in [1.29, 1.82) is 0 Å². The number of hydrogen-bond donors (Lipinski definition) is 1. The van der Waals surface area contributed by atoms with Crippen molar-refractivity contribution in [3.05, 3.63) is 96.1 Å². The minimum Gasteiger partial charge on any atom is -0.493 e. The molecule has 1 atom stereocenters. The number of methoxy groups -OCH3 is 2. The molecule has 7 nitrogen and oxygen atoms in total. The highest BCUT2D eigenvalue weighted by Crippen LogP contribution is 2.46. The van der Waals surface area contributed by atoms with Crippen LogP contribution >= 0.6 is 0 Å². The molecule has 4 aromatic rings. The molecule has 1 N–H and O–H groups in total. The number of fused-ring (bicyclic) bond motifs is 5. The van der Waals surface area contributed by atoms with Gasteiger partial charge < -0.3 is 28.9 Å². The lowest BCUT2D eigenvalue weighted by Gasteiger charge is -2.13. The van der Waals surface area contributed by atoms with Crippen LogP contribution in [0.1, 0.15) is 23.1 Å². The molecule has 1 aliphatic rings. The topological polar surface area (TPSA) is 68.3 Å². The van der Waals surface area contributed by atoms with Crippen molar-refractivity contribution in [3.63, 3.8) is 0 Å². The average molecular weight is 538 g/mol. The lowest BCUT2D eigenvalue weighted by Crippen LogP contribution is -2.19. The largest absolute Gasteiger partial charge is 0.493 e. The van der Waals surface area contributed by atoms with Gasteiger partial charge in [0.2, 0.25) is 0 Å². The maximum absolute atomic E-state index is 6.18. The van der Waals surface area contributed by atoms with Crippen LogP contribution in [0, 0.1) is 0 Å². The Kier molecular flexibility index (Phi) is 8.22.